The Morgan fingerprint density at radius 2 is 2.03 bits per heavy atom. The van der Waals surface area contributed by atoms with Gasteiger partial charge in [-0.1, -0.05) is 0 Å². The summed E-state index contributed by atoms with van der Waals surface area (Å²) >= 11 is 0. The lowest BCUT2D eigenvalue weighted by molar-refractivity contribution is 0.0949. The van der Waals surface area contributed by atoms with Gasteiger partial charge in [0.05, 0.1) is 12.3 Å². The van der Waals surface area contributed by atoms with Crippen LogP contribution in [-0.4, -0.2) is 49.9 Å². The van der Waals surface area contributed by atoms with Crippen LogP contribution in [0.25, 0.3) is 5.65 Å². The minimum atomic E-state index is -0.626. The van der Waals surface area contributed by atoms with Gasteiger partial charge in [-0.2, -0.15) is 9.61 Å². The first-order valence-corrected chi connectivity index (χ1v) is 10.0. The van der Waals surface area contributed by atoms with Crippen molar-refractivity contribution in [2.45, 2.75) is 44.4 Å². The summed E-state index contributed by atoms with van der Waals surface area (Å²) in [4.78, 5) is 30.0. The number of nitrogens with one attached hydrogen (secondary N) is 3. The second-order valence-electron chi connectivity index (χ2n) is 7.23. The molecule has 5 rings (SSSR count). The van der Waals surface area contributed by atoms with Crippen molar-refractivity contribution in [3.8, 4) is 0 Å². The van der Waals surface area contributed by atoms with Crippen molar-refractivity contribution in [2.75, 3.05) is 17.7 Å². The first-order chi connectivity index (χ1) is 14.9. The van der Waals surface area contributed by atoms with Crippen molar-refractivity contribution in [3.05, 3.63) is 46.5 Å². The summed E-state index contributed by atoms with van der Waals surface area (Å²) in [6.07, 6.45) is 7.49. The maximum atomic E-state index is 11.7. The van der Waals surface area contributed by atoms with Crippen molar-refractivity contribution in [1.82, 2.24) is 19.6 Å². The second kappa shape index (κ2) is 10.0. The van der Waals surface area contributed by atoms with E-state index < -0.39 is 12.1 Å². The number of aliphatic hydroxyl groups is 1. The monoisotopic (exact) mass is 431 g/mol. The van der Waals surface area contributed by atoms with E-state index in [1.807, 2.05) is 0 Å². The highest BCUT2D eigenvalue weighted by molar-refractivity contribution is 5.98. The second-order valence-corrected chi connectivity index (χ2v) is 7.23. The number of carbonyl (C=O) groups excluding carboxylic acids is 1. The number of hydrogen-bond acceptors (Lipinski definition) is 7. The number of halogens is 1. The van der Waals surface area contributed by atoms with E-state index in [9.17, 15) is 14.0 Å². The molecule has 11 heteroatoms. The molecule has 0 saturated heterocycles. The molecule has 3 aromatic rings. The molecule has 0 spiro atoms. The molecule has 0 radical (unpaired) electrons. The van der Waals surface area contributed by atoms with Gasteiger partial charge < -0.3 is 26.5 Å². The average Bonchev–Trinajstić information content (AvgIpc) is 3.39. The Kier molecular flexibility index (Phi) is 7.19. The number of aliphatic hydroxyl groups excluding tert-OH is 1. The molecule has 0 atom stereocenters. The quantitative estimate of drug-likeness (QED) is 0.424. The normalized spacial score (nSPS) is 15.1. The molecule has 1 amide bonds. The number of aromatic amines is 1. The zero-order valence-corrected chi connectivity index (χ0v) is 17.1. The molecule has 2 fully saturated rings. The van der Waals surface area contributed by atoms with Crippen LogP contribution < -0.4 is 21.9 Å². The molecule has 2 aliphatic rings. The number of H-pyrrole nitrogens is 1. The van der Waals surface area contributed by atoms with Crippen LogP contribution in [-0.2, 0) is 0 Å². The molecule has 2 saturated carbocycles. The van der Waals surface area contributed by atoms with Crippen LogP contribution in [0.1, 0.15) is 42.5 Å². The topological polar surface area (TPSA) is 150 Å². The Labute approximate surface area is 177 Å². The summed E-state index contributed by atoms with van der Waals surface area (Å²) in [5, 5.41) is 18.4. The number of carbonyl (C=O) groups is 1. The summed E-state index contributed by atoms with van der Waals surface area (Å²) in [5.74, 6) is 0.350. The number of pyridine rings is 1. The van der Waals surface area contributed by atoms with E-state index >= 15 is 0 Å². The predicted molar refractivity (Wildman–Crippen MR) is 115 cm³/mol. The Morgan fingerprint density at radius 3 is 2.52 bits per heavy atom. The summed E-state index contributed by atoms with van der Waals surface area (Å²) in [6.45, 7) is 0. The Bertz CT molecular complexity index is 1090. The number of primary amides is 1. The Morgan fingerprint density at radius 1 is 1.35 bits per heavy atom. The van der Waals surface area contributed by atoms with Crippen molar-refractivity contribution >= 4 is 28.9 Å². The number of rotatable bonds is 4. The lowest BCUT2D eigenvalue weighted by atomic mass is 9.97. The third-order valence-electron chi connectivity index (χ3n) is 4.66. The van der Waals surface area contributed by atoms with E-state index in [2.05, 4.69) is 25.7 Å². The standard InChI is InChI=1S/C13H13N7O2.C4H8O.C3H5F/c1-15-10-5-9(18-8-3-2-4-16-13(8)22)19-12-7(11(14)21)6-17-20(10)12;5-4-2-1-3-4;4-3-1-2-3/h2-6,15H,1H3,(H2,14,21)(H,16,22)(H,18,19);4-5H,1-3H2;3H,1-2H2. The Hall–Kier alpha value is -3.47. The summed E-state index contributed by atoms with van der Waals surface area (Å²) in [6, 6.07) is 4.97. The number of anilines is 3. The van der Waals surface area contributed by atoms with Gasteiger partial charge >= 0.3 is 0 Å². The molecule has 2 aliphatic carbocycles. The number of amides is 1. The minimum absolute atomic E-state index is 0.0648. The summed E-state index contributed by atoms with van der Waals surface area (Å²) < 4.78 is 12.6. The molecule has 31 heavy (non-hydrogen) atoms. The molecular weight excluding hydrogens is 405 g/mol. The molecule has 0 bridgehead atoms. The average molecular weight is 431 g/mol. The van der Waals surface area contributed by atoms with E-state index in [4.69, 9.17) is 10.8 Å². The smallest absolute Gasteiger partial charge is 0.271 e. The summed E-state index contributed by atoms with van der Waals surface area (Å²) in [5.41, 5.74) is 5.87. The van der Waals surface area contributed by atoms with Gasteiger partial charge in [0.1, 0.15) is 29.1 Å². The van der Waals surface area contributed by atoms with Crippen molar-refractivity contribution in [2.24, 2.45) is 5.73 Å². The summed E-state index contributed by atoms with van der Waals surface area (Å²) in [7, 11) is 1.71. The van der Waals surface area contributed by atoms with Crippen LogP contribution in [0, 0.1) is 0 Å². The van der Waals surface area contributed by atoms with E-state index in [1.54, 1.807) is 25.2 Å². The third kappa shape index (κ3) is 6.01. The molecule has 10 nitrogen and oxygen atoms in total. The first kappa shape index (κ1) is 22.2. The Balaban J connectivity index is 0.000000248. The van der Waals surface area contributed by atoms with Gasteiger partial charge in [0.2, 0.25) is 0 Å². The van der Waals surface area contributed by atoms with Gasteiger partial charge in [-0.15, -0.1) is 0 Å². The fourth-order valence-corrected chi connectivity index (χ4v) is 2.49. The SMILES string of the molecule is CNc1cc(Nc2ccc[nH]c2=O)nc2c(C(N)=O)cnn12.FC1CC1.OC1CCC1. The van der Waals surface area contributed by atoms with E-state index in [1.165, 1.54) is 23.3 Å². The third-order valence-corrected chi connectivity index (χ3v) is 4.66. The molecule has 0 aliphatic heterocycles. The number of alkyl halides is 1. The number of hydrogen-bond donors (Lipinski definition) is 5. The van der Waals surface area contributed by atoms with Crippen LogP contribution in [0.2, 0.25) is 0 Å². The lowest BCUT2D eigenvalue weighted by Gasteiger charge is -2.17. The van der Waals surface area contributed by atoms with Crippen LogP contribution in [0.15, 0.2) is 35.4 Å². The highest BCUT2D eigenvalue weighted by Gasteiger charge is 2.18. The van der Waals surface area contributed by atoms with Crippen LogP contribution in [0.4, 0.5) is 21.7 Å². The van der Waals surface area contributed by atoms with Crippen molar-refractivity contribution in [3.63, 3.8) is 0 Å². The maximum absolute atomic E-state index is 11.7. The van der Waals surface area contributed by atoms with Gasteiger partial charge in [-0.05, 0) is 44.2 Å². The molecule has 166 valence electrons. The van der Waals surface area contributed by atoms with Gasteiger partial charge in [0.15, 0.2) is 5.65 Å². The van der Waals surface area contributed by atoms with E-state index in [0.717, 1.165) is 25.7 Å². The largest absolute Gasteiger partial charge is 0.393 e. The number of fused-ring (bicyclic) bond motifs is 1. The number of nitrogens with two attached hydrogens (primary N) is 1. The first-order valence-electron chi connectivity index (χ1n) is 10.0. The highest BCUT2D eigenvalue weighted by Crippen LogP contribution is 2.22. The van der Waals surface area contributed by atoms with Gasteiger partial charge in [0, 0.05) is 19.3 Å². The zero-order valence-electron chi connectivity index (χ0n) is 17.1. The molecule has 3 heterocycles. The molecule has 0 unspecified atom stereocenters. The van der Waals surface area contributed by atoms with Gasteiger partial charge in [-0.3, -0.25) is 9.59 Å². The molecule has 3 aromatic heterocycles. The van der Waals surface area contributed by atoms with Gasteiger partial charge in [-0.25, -0.2) is 9.37 Å². The fourth-order valence-electron chi connectivity index (χ4n) is 2.49. The van der Waals surface area contributed by atoms with Gasteiger partial charge in [0.25, 0.3) is 11.5 Å². The molecule has 6 N–H and O–H groups in total. The maximum Gasteiger partial charge on any atom is 0.271 e. The van der Waals surface area contributed by atoms with Crippen LogP contribution in [0.3, 0.4) is 0 Å². The number of aromatic nitrogens is 4. The molecule has 0 aromatic carbocycles. The fraction of sp³-hybridized carbons (Fsp3) is 0.400. The lowest BCUT2D eigenvalue weighted by Crippen LogP contribution is -2.15. The van der Waals surface area contributed by atoms with Crippen molar-refractivity contribution < 1.29 is 14.3 Å². The van der Waals surface area contributed by atoms with Crippen LogP contribution >= 0.6 is 0 Å². The number of nitrogens with zero attached hydrogens (tertiary/aromatic N) is 3. The highest BCUT2D eigenvalue weighted by atomic mass is 19.1. The predicted octanol–water partition coefficient (Wildman–Crippen LogP) is 1.95. The van der Waals surface area contributed by atoms with E-state index in [-0.39, 0.29) is 17.2 Å². The molecular formula is C20H26FN7O3. The van der Waals surface area contributed by atoms with Crippen LogP contribution in [0.5, 0.6) is 0 Å². The zero-order chi connectivity index (χ0) is 22.4. The van der Waals surface area contributed by atoms with Crippen molar-refractivity contribution in [1.29, 1.82) is 0 Å². The minimum Gasteiger partial charge on any atom is -0.393 e. The van der Waals surface area contributed by atoms with E-state index in [0.29, 0.717) is 23.0 Å².